The lowest BCUT2D eigenvalue weighted by atomic mass is 10.3. The van der Waals surface area contributed by atoms with Crippen LogP contribution in [0.15, 0.2) is 48.0 Å². The van der Waals surface area contributed by atoms with Crippen LogP contribution in [0, 0.1) is 0 Å². The van der Waals surface area contributed by atoms with Gasteiger partial charge in [0.05, 0.1) is 6.54 Å². The molecule has 0 saturated carbocycles. The van der Waals surface area contributed by atoms with Crippen LogP contribution in [0.1, 0.15) is 0 Å². The van der Waals surface area contributed by atoms with Gasteiger partial charge < -0.3 is 16.4 Å². The van der Waals surface area contributed by atoms with Gasteiger partial charge in [-0.2, -0.15) is 0 Å². The summed E-state index contributed by atoms with van der Waals surface area (Å²) in [5.74, 6) is 0.272. The minimum absolute atomic E-state index is 0.272. The predicted octanol–water partition coefficient (Wildman–Crippen LogP) is 1.47. The van der Waals surface area contributed by atoms with Crippen LogP contribution in [0.25, 0.3) is 0 Å². The first kappa shape index (κ1) is 12.2. The van der Waals surface area contributed by atoms with Crippen LogP contribution in [-0.4, -0.2) is 17.6 Å². The van der Waals surface area contributed by atoms with E-state index in [2.05, 4.69) is 22.2 Å². The van der Waals surface area contributed by atoms with Crippen molar-refractivity contribution in [3.05, 3.63) is 43.0 Å². The molecule has 84 valence electrons. The van der Waals surface area contributed by atoms with E-state index in [0.29, 0.717) is 11.7 Å². The summed E-state index contributed by atoms with van der Waals surface area (Å²) in [4.78, 5) is 3.96. The van der Waals surface area contributed by atoms with Gasteiger partial charge in [0.2, 0.25) is 0 Å². The van der Waals surface area contributed by atoms with Crippen molar-refractivity contribution in [1.82, 2.24) is 5.32 Å². The molecule has 0 spiro atoms. The molecule has 4 nitrogen and oxygen atoms in total. The predicted molar refractivity (Wildman–Crippen MR) is 72.5 cm³/mol. The fourth-order valence-corrected chi connectivity index (χ4v) is 1.22. The van der Waals surface area contributed by atoms with Gasteiger partial charge in [0.1, 0.15) is 0 Å². The van der Waals surface area contributed by atoms with Gasteiger partial charge in [0.15, 0.2) is 11.1 Å². The molecule has 0 unspecified atom stereocenters. The normalized spacial score (nSPS) is 10.6. The van der Waals surface area contributed by atoms with Gasteiger partial charge in [-0.05, 0) is 24.4 Å². The van der Waals surface area contributed by atoms with E-state index in [1.807, 2.05) is 30.3 Å². The molecule has 0 heterocycles. The first-order chi connectivity index (χ1) is 7.72. The van der Waals surface area contributed by atoms with E-state index in [9.17, 15) is 0 Å². The van der Waals surface area contributed by atoms with Crippen molar-refractivity contribution in [2.24, 2.45) is 10.7 Å². The second-order valence-electron chi connectivity index (χ2n) is 2.96. The van der Waals surface area contributed by atoms with Crippen LogP contribution in [0.4, 0.5) is 5.69 Å². The minimum atomic E-state index is 0.272. The van der Waals surface area contributed by atoms with Crippen molar-refractivity contribution < 1.29 is 0 Å². The van der Waals surface area contributed by atoms with Crippen LogP contribution in [-0.2, 0) is 0 Å². The van der Waals surface area contributed by atoms with Crippen molar-refractivity contribution in [1.29, 1.82) is 0 Å². The summed E-state index contributed by atoms with van der Waals surface area (Å²) in [6, 6.07) is 9.58. The van der Waals surface area contributed by atoms with Gasteiger partial charge in [0, 0.05) is 5.69 Å². The number of anilines is 1. The highest BCUT2D eigenvalue weighted by Gasteiger charge is 1.97. The minimum Gasteiger partial charge on any atom is -0.370 e. The van der Waals surface area contributed by atoms with Crippen LogP contribution in [0.5, 0.6) is 0 Å². The van der Waals surface area contributed by atoms with E-state index in [-0.39, 0.29) is 5.96 Å². The summed E-state index contributed by atoms with van der Waals surface area (Å²) in [5, 5.41) is 6.16. The molecule has 1 rings (SSSR count). The Balaban J connectivity index is 2.45. The van der Waals surface area contributed by atoms with Crippen molar-refractivity contribution in [2.75, 3.05) is 11.9 Å². The molecule has 4 N–H and O–H groups in total. The van der Waals surface area contributed by atoms with Crippen molar-refractivity contribution in [2.45, 2.75) is 0 Å². The molecule has 0 saturated heterocycles. The van der Waals surface area contributed by atoms with Gasteiger partial charge in [-0.3, -0.25) is 0 Å². The van der Waals surface area contributed by atoms with E-state index in [0.717, 1.165) is 5.69 Å². The molecular formula is C11H14N4S. The third-order valence-electron chi connectivity index (χ3n) is 1.66. The number of rotatable bonds is 3. The third-order valence-corrected chi connectivity index (χ3v) is 1.87. The van der Waals surface area contributed by atoms with Crippen molar-refractivity contribution in [3.8, 4) is 0 Å². The van der Waals surface area contributed by atoms with E-state index < -0.39 is 0 Å². The first-order valence-electron chi connectivity index (χ1n) is 4.76. The zero-order valence-electron chi connectivity index (χ0n) is 8.81. The zero-order chi connectivity index (χ0) is 11.8. The number of thiocarbonyl (C=S) groups is 1. The molecule has 0 fully saturated rings. The van der Waals surface area contributed by atoms with Crippen LogP contribution < -0.4 is 16.4 Å². The molecule has 5 heteroatoms. The molecule has 0 amide bonds. The Morgan fingerprint density at radius 1 is 1.44 bits per heavy atom. The highest BCUT2D eigenvalue weighted by molar-refractivity contribution is 7.80. The highest BCUT2D eigenvalue weighted by atomic mass is 32.1. The Morgan fingerprint density at radius 3 is 2.75 bits per heavy atom. The lowest BCUT2D eigenvalue weighted by Crippen LogP contribution is -2.39. The quantitative estimate of drug-likeness (QED) is 0.321. The molecule has 1 aromatic carbocycles. The average Bonchev–Trinajstić information content (AvgIpc) is 2.27. The maximum Gasteiger partial charge on any atom is 0.195 e. The fraction of sp³-hybridized carbons (Fsp3) is 0.0909. The highest BCUT2D eigenvalue weighted by Crippen LogP contribution is 2.03. The third kappa shape index (κ3) is 4.56. The lowest BCUT2D eigenvalue weighted by Gasteiger charge is -2.09. The van der Waals surface area contributed by atoms with Crippen LogP contribution >= 0.6 is 12.2 Å². The van der Waals surface area contributed by atoms with Gasteiger partial charge in [-0.1, -0.05) is 24.3 Å². The number of nitrogens with two attached hydrogens (primary N) is 1. The number of nitrogens with zero attached hydrogens (tertiary/aromatic N) is 1. The molecule has 0 bridgehead atoms. The summed E-state index contributed by atoms with van der Waals surface area (Å²) in [6.45, 7) is 4.01. The summed E-state index contributed by atoms with van der Waals surface area (Å²) in [7, 11) is 0. The molecule has 0 aliphatic carbocycles. The second-order valence-corrected chi connectivity index (χ2v) is 3.37. The fourth-order valence-electron chi connectivity index (χ4n) is 1.00. The standard InChI is InChI=1S/C11H14N4S/c1-2-8-13-10(12)15-11(16)14-9-6-4-3-5-7-9/h2-7H,1,8H2,(H4,12,13,14,15,16). The molecule has 1 aromatic rings. The van der Waals surface area contributed by atoms with Crippen LogP contribution in [0.3, 0.4) is 0 Å². The Labute approximate surface area is 100 Å². The molecule has 0 aromatic heterocycles. The summed E-state index contributed by atoms with van der Waals surface area (Å²) >= 11 is 5.05. The summed E-state index contributed by atoms with van der Waals surface area (Å²) in [6.07, 6.45) is 1.65. The SMILES string of the molecule is C=CCN=C(N)NC(=S)Nc1ccccc1. The van der Waals surface area contributed by atoms with Gasteiger partial charge in [-0.15, -0.1) is 6.58 Å². The first-order valence-corrected chi connectivity index (χ1v) is 5.17. The van der Waals surface area contributed by atoms with Gasteiger partial charge >= 0.3 is 0 Å². The van der Waals surface area contributed by atoms with E-state index in [4.69, 9.17) is 18.0 Å². The Morgan fingerprint density at radius 2 is 2.12 bits per heavy atom. The topological polar surface area (TPSA) is 62.4 Å². The Hall–Kier alpha value is -1.88. The number of nitrogens with one attached hydrogen (secondary N) is 2. The number of guanidine groups is 1. The smallest absolute Gasteiger partial charge is 0.195 e. The van der Waals surface area contributed by atoms with Crippen molar-refractivity contribution in [3.63, 3.8) is 0 Å². The van der Waals surface area contributed by atoms with Gasteiger partial charge in [-0.25, -0.2) is 4.99 Å². The molecular weight excluding hydrogens is 220 g/mol. The van der Waals surface area contributed by atoms with E-state index >= 15 is 0 Å². The molecule has 0 aliphatic rings. The molecule has 0 aliphatic heterocycles. The van der Waals surface area contributed by atoms with E-state index in [1.165, 1.54) is 0 Å². The maximum absolute atomic E-state index is 5.58. The Bertz CT molecular complexity index is 386. The summed E-state index contributed by atoms with van der Waals surface area (Å²) < 4.78 is 0. The summed E-state index contributed by atoms with van der Waals surface area (Å²) in [5.41, 5.74) is 6.48. The molecule has 16 heavy (non-hydrogen) atoms. The van der Waals surface area contributed by atoms with E-state index in [1.54, 1.807) is 6.08 Å². The largest absolute Gasteiger partial charge is 0.370 e. The molecule has 0 radical (unpaired) electrons. The molecule has 0 atom stereocenters. The second kappa shape index (κ2) is 6.58. The lowest BCUT2D eigenvalue weighted by molar-refractivity contribution is 1.17. The number of para-hydroxylation sites is 1. The van der Waals surface area contributed by atoms with Gasteiger partial charge in [0.25, 0.3) is 0 Å². The van der Waals surface area contributed by atoms with Crippen LogP contribution in [0.2, 0.25) is 0 Å². The van der Waals surface area contributed by atoms with Crippen molar-refractivity contribution >= 4 is 29.0 Å². The maximum atomic E-state index is 5.58. The Kier molecular flexibility index (Phi) is 5.01. The number of aliphatic imine (C=N–C) groups is 1. The average molecular weight is 234 g/mol. The zero-order valence-corrected chi connectivity index (χ0v) is 9.63. The number of hydrogen-bond acceptors (Lipinski definition) is 2. The number of hydrogen-bond donors (Lipinski definition) is 3. The monoisotopic (exact) mass is 234 g/mol. The number of benzene rings is 1.